The molecule has 0 unspecified atom stereocenters. The molecular formula is C15H12F2N6O3. The van der Waals surface area contributed by atoms with Crippen LogP contribution in [-0.2, 0) is 6.54 Å². The van der Waals surface area contributed by atoms with E-state index in [9.17, 15) is 18.9 Å². The van der Waals surface area contributed by atoms with Gasteiger partial charge in [0.05, 0.1) is 35.7 Å². The van der Waals surface area contributed by atoms with Gasteiger partial charge in [0.25, 0.3) is 5.69 Å². The van der Waals surface area contributed by atoms with E-state index in [2.05, 4.69) is 25.1 Å². The van der Waals surface area contributed by atoms with Crippen LogP contribution >= 0.6 is 0 Å². The summed E-state index contributed by atoms with van der Waals surface area (Å²) >= 11 is 0. The van der Waals surface area contributed by atoms with Crippen LogP contribution in [-0.4, -0.2) is 31.3 Å². The van der Waals surface area contributed by atoms with Gasteiger partial charge in [-0.05, 0) is 5.56 Å². The van der Waals surface area contributed by atoms with Crippen LogP contribution in [0.5, 0.6) is 5.75 Å². The van der Waals surface area contributed by atoms with Gasteiger partial charge in [0.15, 0.2) is 5.75 Å². The molecule has 9 nitrogen and oxygen atoms in total. The van der Waals surface area contributed by atoms with Gasteiger partial charge in [0.1, 0.15) is 0 Å². The molecule has 0 aliphatic rings. The molecule has 134 valence electrons. The highest BCUT2D eigenvalue weighted by atomic mass is 19.3. The summed E-state index contributed by atoms with van der Waals surface area (Å²) < 4.78 is 29.9. The molecule has 0 radical (unpaired) electrons. The van der Waals surface area contributed by atoms with Crippen LogP contribution in [0.4, 0.5) is 26.1 Å². The number of nitrogens with zero attached hydrogens (tertiary/aromatic N) is 5. The minimum absolute atomic E-state index is 0.0213. The summed E-state index contributed by atoms with van der Waals surface area (Å²) in [7, 11) is 0. The fourth-order valence-corrected chi connectivity index (χ4v) is 2.10. The fraction of sp³-hybridized carbons (Fsp3) is 0.133. The Labute approximate surface area is 145 Å². The van der Waals surface area contributed by atoms with Crippen molar-refractivity contribution >= 4 is 17.3 Å². The number of hydrogen-bond acceptors (Lipinski definition) is 7. The summed E-state index contributed by atoms with van der Waals surface area (Å²) in [5.74, 6) is 0.0564. The maximum absolute atomic E-state index is 12.1. The van der Waals surface area contributed by atoms with Gasteiger partial charge in [0.2, 0.25) is 5.95 Å². The topological polar surface area (TPSA) is 108 Å². The Balaban J connectivity index is 1.61. The molecule has 0 saturated carbocycles. The van der Waals surface area contributed by atoms with E-state index >= 15 is 0 Å². The minimum Gasteiger partial charge on any atom is -0.432 e. The SMILES string of the molecule is O=[N+]([O-])c1ccc(Cn2cc(Nc3ncc(OC(F)F)cn3)cn2)cc1. The summed E-state index contributed by atoms with van der Waals surface area (Å²) in [6.07, 6.45) is 5.48. The minimum atomic E-state index is -2.94. The van der Waals surface area contributed by atoms with Gasteiger partial charge in [-0.15, -0.1) is 0 Å². The number of rotatable bonds is 7. The number of nitrogens with one attached hydrogen (secondary N) is 1. The first-order valence-electron chi connectivity index (χ1n) is 7.29. The van der Waals surface area contributed by atoms with E-state index in [0.717, 1.165) is 18.0 Å². The lowest BCUT2D eigenvalue weighted by Gasteiger charge is -2.05. The molecule has 0 aliphatic carbocycles. The van der Waals surface area contributed by atoms with E-state index in [1.165, 1.54) is 18.3 Å². The lowest BCUT2D eigenvalue weighted by molar-refractivity contribution is -0.384. The highest BCUT2D eigenvalue weighted by Crippen LogP contribution is 2.17. The summed E-state index contributed by atoms with van der Waals surface area (Å²) in [4.78, 5) is 17.9. The van der Waals surface area contributed by atoms with Crippen LogP contribution in [0.2, 0.25) is 0 Å². The van der Waals surface area contributed by atoms with Gasteiger partial charge in [-0.2, -0.15) is 13.9 Å². The predicted octanol–water partition coefficient (Wildman–Crippen LogP) is 2.97. The Morgan fingerprint density at radius 3 is 2.50 bits per heavy atom. The van der Waals surface area contributed by atoms with Gasteiger partial charge >= 0.3 is 6.61 Å². The molecule has 1 N–H and O–H groups in total. The van der Waals surface area contributed by atoms with Crippen LogP contribution < -0.4 is 10.1 Å². The zero-order valence-corrected chi connectivity index (χ0v) is 13.1. The zero-order chi connectivity index (χ0) is 18.5. The molecule has 3 rings (SSSR count). The van der Waals surface area contributed by atoms with Crippen molar-refractivity contribution < 1.29 is 18.4 Å². The molecule has 0 atom stereocenters. The maximum atomic E-state index is 12.1. The number of non-ortho nitro benzene ring substituents is 1. The molecule has 0 amide bonds. The highest BCUT2D eigenvalue weighted by Gasteiger charge is 2.07. The average Bonchev–Trinajstić information content (AvgIpc) is 3.03. The lowest BCUT2D eigenvalue weighted by atomic mass is 10.2. The monoisotopic (exact) mass is 362 g/mol. The van der Waals surface area contributed by atoms with Crippen LogP contribution in [0.1, 0.15) is 5.56 Å². The van der Waals surface area contributed by atoms with Gasteiger partial charge in [-0.3, -0.25) is 14.8 Å². The van der Waals surface area contributed by atoms with E-state index in [0.29, 0.717) is 12.2 Å². The van der Waals surface area contributed by atoms with Crippen molar-refractivity contribution in [2.45, 2.75) is 13.2 Å². The molecule has 2 heterocycles. The largest absolute Gasteiger partial charge is 0.432 e. The molecule has 2 aromatic heterocycles. The van der Waals surface area contributed by atoms with Crippen LogP contribution in [0.15, 0.2) is 49.1 Å². The Morgan fingerprint density at radius 2 is 1.88 bits per heavy atom. The third-order valence-corrected chi connectivity index (χ3v) is 3.23. The average molecular weight is 362 g/mol. The van der Waals surface area contributed by atoms with Crippen LogP contribution in [0.25, 0.3) is 0 Å². The zero-order valence-electron chi connectivity index (χ0n) is 13.1. The van der Waals surface area contributed by atoms with Gasteiger partial charge < -0.3 is 10.1 Å². The normalized spacial score (nSPS) is 10.7. The van der Waals surface area contributed by atoms with Gasteiger partial charge in [-0.25, -0.2) is 9.97 Å². The van der Waals surface area contributed by atoms with Crippen molar-refractivity contribution in [3.8, 4) is 5.75 Å². The number of nitro groups is 1. The molecule has 11 heteroatoms. The van der Waals surface area contributed by atoms with Crippen LogP contribution in [0, 0.1) is 10.1 Å². The number of alkyl halides is 2. The third-order valence-electron chi connectivity index (χ3n) is 3.23. The molecule has 0 saturated heterocycles. The van der Waals surface area contributed by atoms with E-state index < -0.39 is 11.5 Å². The van der Waals surface area contributed by atoms with E-state index in [1.807, 2.05) is 0 Å². The van der Waals surface area contributed by atoms with Crippen molar-refractivity contribution in [3.63, 3.8) is 0 Å². The summed E-state index contributed by atoms with van der Waals surface area (Å²) in [5, 5.41) is 17.7. The second kappa shape index (κ2) is 7.51. The molecule has 1 aromatic carbocycles. The first kappa shape index (κ1) is 17.2. The third kappa shape index (κ3) is 4.47. The summed E-state index contributed by atoms with van der Waals surface area (Å²) in [5.41, 5.74) is 1.46. The molecule has 3 aromatic rings. The smallest absolute Gasteiger partial charge is 0.387 e. The first-order chi connectivity index (χ1) is 12.5. The van der Waals surface area contributed by atoms with Gasteiger partial charge in [-0.1, -0.05) is 12.1 Å². The van der Waals surface area contributed by atoms with Crippen LogP contribution in [0.3, 0.4) is 0 Å². The fourth-order valence-electron chi connectivity index (χ4n) is 2.10. The molecule has 0 fully saturated rings. The molecular weight excluding hydrogens is 350 g/mol. The van der Waals surface area contributed by atoms with E-state index in [4.69, 9.17) is 0 Å². The second-order valence-electron chi connectivity index (χ2n) is 5.10. The summed E-state index contributed by atoms with van der Waals surface area (Å²) in [6.45, 7) is -2.52. The quantitative estimate of drug-likeness (QED) is 0.508. The lowest BCUT2D eigenvalue weighted by Crippen LogP contribution is -2.03. The van der Waals surface area contributed by atoms with Crippen molar-refractivity contribution in [3.05, 3.63) is 64.7 Å². The Morgan fingerprint density at radius 1 is 1.19 bits per heavy atom. The Bertz CT molecular complexity index is 883. The van der Waals surface area contributed by atoms with E-state index in [1.54, 1.807) is 23.0 Å². The molecule has 0 aliphatic heterocycles. The highest BCUT2D eigenvalue weighted by molar-refractivity contribution is 5.50. The number of anilines is 2. The Hall–Kier alpha value is -3.63. The molecule has 0 bridgehead atoms. The number of hydrogen-bond donors (Lipinski definition) is 1. The summed E-state index contributed by atoms with van der Waals surface area (Å²) in [6, 6.07) is 6.15. The van der Waals surface area contributed by atoms with E-state index in [-0.39, 0.29) is 17.4 Å². The Kier molecular flexibility index (Phi) is 4.97. The second-order valence-corrected chi connectivity index (χ2v) is 5.10. The maximum Gasteiger partial charge on any atom is 0.387 e. The molecule has 26 heavy (non-hydrogen) atoms. The number of ether oxygens (including phenoxy) is 1. The number of aromatic nitrogens is 4. The van der Waals surface area contributed by atoms with Crippen molar-refractivity contribution in [2.75, 3.05) is 5.32 Å². The number of halogens is 2. The molecule has 0 spiro atoms. The number of benzene rings is 1. The van der Waals surface area contributed by atoms with Crippen molar-refractivity contribution in [2.24, 2.45) is 0 Å². The first-order valence-corrected chi connectivity index (χ1v) is 7.29. The van der Waals surface area contributed by atoms with Crippen molar-refractivity contribution in [1.29, 1.82) is 0 Å². The van der Waals surface area contributed by atoms with Gasteiger partial charge in [0, 0.05) is 18.3 Å². The standard InChI is InChI=1S/C15H12F2N6O3/c16-14(17)26-13-6-18-15(19-7-13)21-11-5-20-22(9-11)8-10-1-3-12(4-2-10)23(24)25/h1-7,9,14H,8H2,(H,18,19,21). The van der Waals surface area contributed by atoms with Crippen molar-refractivity contribution in [1.82, 2.24) is 19.7 Å². The predicted molar refractivity (Wildman–Crippen MR) is 86.4 cm³/mol. The number of nitro benzene ring substituents is 1.